The Morgan fingerprint density at radius 2 is 1.85 bits per heavy atom. The molecule has 20 heavy (non-hydrogen) atoms. The highest BCUT2D eigenvalue weighted by atomic mass is 35.5. The van der Waals surface area contributed by atoms with E-state index in [1.807, 2.05) is 18.3 Å². The second kappa shape index (κ2) is 4.32. The average Bonchev–Trinajstić information content (AvgIpc) is 2.93. The smallest absolute Gasteiger partial charge is 0.0966 e. The maximum Gasteiger partial charge on any atom is 0.0966 e. The van der Waals surface area contributed by atoms with Crippen LogP contribution in [0.1, 0.15) is 0 Å². The number of fused-ring (bicyclic) bond motifs is 2. The summed E-state index contributed by atoms with van der Waals surface area (Å²) in [6, 6.07) is 12.1. The van der Waals surface area contributed by atoms with Crippen LogP contribution in [-0.2, 0) is 0 Å². The first kappa shape index (κ1) is 11.4. The predicted molar refractivity (Wildman–Crippen MR) is 81.8 cm³/mol. The molecule has 0 spiro atoms. The van der Waals surface area contributed by atoms with Crippen molar-refractivity contribution in [2.24, 2.45) is 0 Å². The molecule has 2 heterocycles. The second-order valence-corrected chi connectivity index (χ2v) is 5.09. The van der Waals surface area contributed by atoms with Crippen molar-refractivity contribution in [2.45, 2.75) is 0 Å². The number of hydrogen-bond acceptors (Lipinski definition) is 2. The van der Waals surface area contributed by atoms with Gasteiger partial charge in [0.25, 0.3) is 0 Å². The quantitative estimate of drug-likeness (QED) is 0.560. The van der Waals surface area contributed by atoms with Crippen molar-refractivity contribution in [3.05, 3.63) is 60.0 Å². The summed E-state index contributed by atoms with van der Waals surface area (Å²) in [6.07, 6.45) is 5.31. The standard InChI is InChI=1S/C16H10ClN3/c17-12-8-13(16-15(9-12)19-5-6-20-16)11-2-1-10-3-4-18-14(10)7-11/h1-9,18H. The van der Waals surface area contributed by atoms with Crippen LogP contribution in [0.2, 0.25) is 5.02 Å². The summed E-state index contributed by atoms with van der Waals surface area (Å²) in [5.41, 5.74) is 4.84. The van der Waals surface area contributed by atoms with Crippen molar-refractivity contribution in [2.75, 3.05) is 0 Å². The van der Waals surface area contributed by atoms with Gasteiger partial charge < -0.3 is 4.98 Å². The summed E-state index contributed by atoms with van der Waals surface area (Å²) in [5, 5.41) is 1.85. The normalized spacial score (nSPS) is 11.2. The number of aromatic amines is 1. The Bertz CT molecular complexity index is 927. The predicted octanol–water partition coefficient (Wildman–Crippen LogP) is 4.43. The first-order valence-electron chi connectivity index (χ1n) is 6.29. The molecule has 0 aliphatic heterocycles. The van der Waals surface area contributed by atoms with Crippen LogP contribution in [0.5, 0.6) is 0 Å². The van der Waals surface area contributed by atoms with Crippen LogP contribution in [0.4, 0.5) is 0 Å². The van der Waals surface area contributed by atoms with E-state index in [-0.39, 0.29) is 0 Å². The lowest BCUT2D eigenvalue weighted by molar-refractivity contribution is 1.29. The molecule has 4 aromatic rings. The summed E-state index contributed by atoms with van der Waals surface area (Å²) in [6.45, 7) is 0. The van der Waals surface area contributed by atoms with Gasteiger partial charge in [-0.3, -0.25) is 9.97 Å². The minimum Gasteiger partial charge on any atom is -0.361 e. The van der Waals surface area contributed by atoms with Gasteiger partial charge in [-0.25, -0.2) is 0 Å². The van der Waals surface area contributed by atoms with Gasteiger partial charge in [0.2, 0.25) is 0 Å². The Morgan fingerprint density at radius 3 is 2.80 bits per heavy atom. The second-order valence-electron chi connectivity index (χ2n) is 4.66. The molecular formula is C16H10ClN3. The van der Waals surface area contributed by atoms with E-state index in [4.69, 9.17) is 11.6 Å². The molecular weight excluding hydrogens is 270 g/mol. The molecule has 0 unspecified atom stereocenters. The summed E-state index contributed by atoms with van der Waals surface area (Å²) < 4.78 is 0. The summed E-state index contributed by atoms with van der Waals surface area (Å²) in [5.74, 6) is 0. The molecule has 0 radical (unpaired) electrons. The fourth-order valence-corrected chi connectivity index (χ4v) is 2.69. The maximum absolute atomic E-state index is 6.20. The average molecular weight is 280 g/mol. The van der Waals surface area contributed by atoms with Crippen LogP contribution in [0.25, 0.3) is 33.1 Å². The van der Waals surface area contributed by atoms with E-state index in [0.717, 1.165) is 27.7 Å². The van der Waals surface area contributed by atoms with Crippen LogP contribution < -0.4 is 0 Å². The third-order valence-corrected chi connectivity index (χ3v) is 3.62. The lowest BCUT2D eigenvalue weighted by atomic mass is 10.0. The first-order chi connectivity index (χ1) is 9.81. The van der Waals surface area contributed by atoms with Crippen molar-refractivity contribution in [3.8, 4) is 11.1 Å². The number of H-pyrrole nitrogens is 1. The van der Waals surface area contributed by atoms with Gasteiger partial charge in [0, 0.05) is 34.7 Å². The van der Waals surface area contributed by atoms with Crippen LogP contribution in [0, 0.1) is 0 Å². The fraction of sp³-hybridized carbons (Fsp3) is 0. The summed E-state index contributed by atoms with van der Waals surface area (Å²) in [7, 11) is 0. The van der Waals surface area contributed by atoms with Gasteiger partial charge in [-0.2, -0.15) is 0 Å². The third kappa shape index (κ3) is 1.75. The molecule has 4 heteroatoms. The van der Waals surface area contributed by atoms with Gasteiger partial charge in [-0.15, -0.1) is 0 Å². The molecule has 0 saturated carbocycles. The number of nitrogens with one attached hydrogen (secondary N) is 1. The number of rotatable bonds is 1. The molecule has 0 atom stereocenters. The Hall–Kier alpha value is -2.39. The third-order valence-electron chi connectivity index (χ3n) is 3.40. The number of nitrogens with zero attached hydrogens (tertiary/aromatic N) is 2. The molecule has 0 bridgehead atoms. The lowest BCUT2D eigenvalue weighted by Crippen LogP contribution is -1.87. The van der Waals surface area contributed by atoms with Crippen molar-refractivity contribution in [3.63, 3.8) is 0 Å². The Balaban J connectivity index is 2.05. The van der Waals surface area contributed by atoms with Gasteiger partial charge in [0.15, 0.2) is 0 Å². The molecule has 4 rings (SSSR count). The zero-order valence-corrected chi connectivity index (χ0v) is 11.2. The molecule has 2 aromatic carbocycles. The van der Waals surface area contributed by atoms with E-state index < -0.39 is 0 Å². The van der Waals surface area contributed by atoms with E-state index >= 15 is 0 Å². The highest BCUT2D eigenvalue weighted by Gasteiger charge is 2.08. The van der Waals surface area contributed by atoms with Gasteiger partial charge >= 0.3 is 0 Å². The molecule has 2 aromatic heterocycles. The highest BCUT2D eigenvalue weighted by Crippen LogP contribution is 2.31. The van der Waals surface area contributed by atoms with E-state index in [2.05, 4.69) is 39.2 Å². The molecule has 0 saturated heterocycles. The minimum absolute atomic E-state index is 0.666. The highest BCUT2D eigenvalue weighted by molar-refractivity contribution is 6.31. The number of halogens is 1. The van der Waals surface area contributed by atoms with Crippen molar-refractivity contribution < 1.29 is 0 Å². The van der Waals surface area contributed by atoms with E-state index in [1.54, 1.807) is 12.4 Å². The molecule has 0 aliphatic carbocycles. The van der Waals surface area contributed by atoms with Crippen molar-refractivity contribution in [1.29, 1.82) is 0 Å². The SMILES string of the molecule is Clc1cc(-c2ccc3cc[nH]c3c2)c2nccnc2c1. The Labute approximate surface area is 120 Å². The van der Waals surface area contributed by atoms with Gasteiger partial charge in [0.05, 0.1) is 11.0 Å². The fourth-order valence-electron chi connectivity index (χ4n) is 2.48. The first-order valence-corrected chi connectivity index (χ1v) is 6.67. The molecule has 0 aliphatic rings. The van der Waals surface area contributed by atoms with Crippen molar-refractivity contribution >= 4 is 33.5 Å². The molecule has 0 fully saturated rings. The van der Waals surface area contributed by atoms with Crippen LogP contribution >= 0.6 is 11.6 Å². The van der Waals surface area contributed by atoms with Crippen LogP contribution in [0.15, 0.2) is 55.0 Å². The van der Waals surface area contributed by atoms with E-state index in [1.165, 1.54) is 5.39 Å². The van der Waals surface area contributed by atoms with Crippen LogP contribution in [0.3, 0.4) is 0 Å². The number of aromatic nitrogens is 3. The molecule has 96 valence electrons. The monoisotopic (exact) mass is 279 g/mol. The summed E-state index contributed by atoms with van der Waals surface area (Å²) >= 11 is 6.20. The molecule has 3 nitrogen and oxygen atoms in total. The van der Waals surface area contributed by atoms with E-state index in [9.17, 15) is 0 Å². The Kier molecular flexibility index (Phi) is 2.47. The van der Waals surface area contributed by atoms with Gasteiger partial charge in [-0.1, -0.05) is 23.7 Å². The zero-order valence-electron chi connectivity index (χ0n) is 10.5. The summed E-state index contributed by atoms with van der Waals surface area (Å²) in [4.78, 5) is 12.0. The maximum atomic E-state index is 6.20. The largest absolute Gasteiger partial charge is 0.361 e. The zero-order chi connectivity index (χ0) is 13.5. The van der Waals surface area contributed by atoms with Crippen LogP contribution in [-0.4, -0.2) is 15.0 Å². The topological polar surface area (TPSA) is 41.6 Å². The number of hydrogen-bond donors (Lipinski definition) is 1. The van der Waals surface area contributed by atoms with E-state index in [0.29, 0.717) is 5.02 Å². The van der Waals surface area contributed by atoms with Gasteiger partial charge in [-0.05, 0) is 35.2 Å². The van der Waals surface area contributed by atoms with Crippen molar-refractivity contribution in [1.82, 2.24) is 15.0 Å². The molecule has 0 amide bonds. The minimum atomic E-state index is 0.666. The Morgan fingerprint density at radius 1 is 0.950 bits per heavy atom. The number of benzene rings is 2. The molecule has 1 N–H and O–H groups in total. The van der Waals surface area contributed by atoms with Gasteiger partial charge in [0.1, 0.15) is 0 Å². The lowest BCUT2D eigenvalue weighted by Gasteiger charge is -2.07.